The SMILES string of the molecule is CCC[C@@H](CC/C(C)=C/C=C/CC/C=C\[C@@H]1CSC([C@@H]2C[C@@H]2C)=N1)OC. The zero-order chi connectivity index (χ0) is 18.8. The van der Waals surface area contributed by atoms with E-state index in [-0.39, 0.29) is 0 Å². The summed E-state index contributed by atoms with van der Waals surface area (Å²) in [6.45, 7) is 6.77. The monoisotopic (exact) mass is 375 g/mol. The van der Waals surface area contributed by atoms with Crippen molar-refractivity contribution >= 4 is 16.8 Å². The Kier molecular flexibility index (Phi) is 9.77. The standard InChI is InChI=1S/C23H37NOS/c1-5-11-21(25-4)15-14-18(2)12-9-7-6-8-10-13-20-17-26-23(24-20)22-16-19(22)3/h7,9-10,12-13,19-22H,5-6,8,11,14-17H2,1-4H3/b9-7+,13-10-,18-12+/t19-,20+,21-,22+/m0/s1. The van der Waals surface area contributed by atoms with Crippen LogP contribution in [0.3, 0.4) is 0 Å². The van der Waals surface area contributed by atoms with E-state index in [4.69, 9.17) is 9.73 Å². The highest BCUT2D eigenvalue weighted by molar-refractivity contribution is 8.14. The lowest BCUT2D eigenvalue weighted by molar-refractivity contribution is 0.0876. The summed E-state index contributed by atoms with van der Waals surface area (Å²) in [5.41, 5.74) is 1.44. The van der Waals surface area contributed by atoms with Crippen LogP contribution in [0.15, 0.2) is 40.9 Å². The fraction of sp³-hybridized carbons (Fsp3) is 0.696. The van der Waals surface area contributed by atoms with Crippen molar-refractivity contribution in [3.8, 4) is 0 Å². The fourth-order valence-electron chi connectivity index (χ4n) is 3.32. The molecule has 0 bridgehead atoms. The van der Waals surface area contributed by atoms with Crippen LogP contribution < -0.4 is 0 Å². The molecule has 3 heteroatoms. The summed E-state index contributed by atoms with van der Waals surface area (Å²) in [5.74, 6) is 2.81. The topological polar surface area (TPSA) is 21.6 Å². The molecule has 0 spiro atoms. The maximum Gasteiger partial charge on any atom is 0.0783 e. The Morgan fingerprint density at radius 2 is 2.08 bits per heavy atom. The zero-order valence-electron chi connectivity index (χ0n) is 17.1. The number of rotatable bonds is 12. The number of ether oxygens (including phenoxy) is 1. The van der Waals surface area contributed by atoms with E-state index in [1.54, 1.807) is 0 Å². The summed E-state index contributed by atoms with van der Waals surface area (Å²) in [5, 5.41) is 1.42. The Hall–Kier alpha value is -0.800. The van der Waals surface area contributed by atoms with E-state index in [0.29, 0.717) is 12.1 Å². The van der Waals surface area contributed by atoms with E-state index in [9.17, 15) is 0 Å². The van der Waals surface area contributed by atoms with Gasteiger partial charge in [0.15, 0.2) is 0 Å². The van der Waals surface area contributed by atoms with Crippen molar-refractivity contribution < 1.29 is 4.74 Å². The number of methoxy groups -OCH3 is 1. The van der Waals surface area contributed by atoms with Crippen LogP contribution in [0.5, 0.6) is 0 Å². The highest BCUT2D eigenvalue weighted by atomic mass is 32.2. The average molecular weight is 376 g/mol. The van der Waals surface area contributed by atoms with Gasteiger partial charge in [-0.05, 0) is 51.4 Å². The molecule has 0 N–H and O–H groups in total. The maximum absolute atomic E-state index is 5.52. The van der Waals surface area contributed by atoms with E-state index < -0.39 is 0 Å². The molecular formula is C23H37NOS. The minimum Gasteiger partial charge on any atom is -0.381 e. The summed E-state index contributed by atoms with van der Waals surface area (Å²) in [6.07, 6.45) is 19.9. The summed E-state index contributed by atoms with van der Waals surface area (Å²) < 4.78 is 5.52. The number of thioether (sulfide) groups is 1. The first-order chi connectivity index (χ1) is 12.6. The van der Waals surface area contributed by atoms with Crippen molar-refractivity contribution in [2.45, 2.75) is 77.9 Å². The van der Waals surface area contributed by atoms with Gasteiger partial charge in [-0.15, -0.1) is 11.8 Å². The minimum atomic E-state index is 0.414. The second kappa shape index (κ2) is 11.8. The predicted octanol–water partition coefficient (Wildman–Crippen LogP) is 6.59. The van der Waals surface area contributed by atoms with Crippen molar-refractivity contribution in [2.24, 2.45) is 16.8 Å². The van der Waals surface area contributed by atoms with Crippen molar-refractivity contribution in [3.63, 3.8) is 0 Å². The van der Waals surface area contributed by atoms with Gasteiger partial charge < -0.3 is 4.74 Å². The molecule has 146 valence electrons. The van der Waals surface area contributed by atoms with Crippen molar-refractivity contribution in [2.75, 3.05) is 12.9 Å². The van der Waals surface area contributed by atoms with E-state index in [1.807, 2.05) is 18.9 Å². The van der Waals surface area contributed by atoms with Crippen LogP contribution in [0, 0.1) is 11.8 Å². The van der Waals surface area contributed by atoms with E-state index in [0.717, 1.165) is 49.7 Å². The van der Waals surface area contributed by atoms with Gasteiger partial charge >= 0.3 is 0 Å². The predicted molar refractivity (Wildman–Crippen MR) is 117 cm³/mol. The molecule has 26 heavy (non-hydrogen) atoms. The molecule has 1 aliphatic heterocycles. The lowest BCUT2D eigenvalue weighted by Crippen LogP contribution is -2.09. The molecule has 1 heterocycles. The number of aliphatic imine (C=N–C) groups is 1. The van der Waals surface area contributed by atoms with Crippen molar-refractivity contribution in [1.82, 2.24) is 0 Å². The molecule has 0 saturated heterocycles. The van der Waals surface area contributed by atoms with Crippen LogP contribution in [0.2, 0.25) is 0 Å². The molecule has 0 amide bonds. The number of nitrogens with zero attached hydrogens (tertiary/aromatic N) is 1. The van der Waals surface area contributed by atoms with Gasteiger partial charge in [0, 0.05) is 18.8 Å². The highest BCUT2D eigenvalue weighted by Crippen LogP contribution is 2.44. The first-order valence-electron chi connectivity index (χ1n) is 10.4. The molecule has 0 radical (unpaired) electrons. The van der Waals surface area contributed by atoms with Gasteiger partial charge in [-0.1, -0.05) is 56.2 Å². The normalized spacial score (nSPS) is 27.5. The molecule has 4 atom stereocenters. The van der Waals surface area contributed by atoms with Crippen LogP contribution in [0.1, 0.15) is 65.7 Å². The molecule has 1 fully saturated rings. The fourth-order valence-corrected chi connectivity index (χ4v) is 4.60. The van der Waals surface area contributed by atoms with Crippen LogP contribution >= 0.6 is 11.8 Å². The number of hydrogen-bond acceptors (Lipinski definition) is 3. The van der Waals surface area contributed by atoms with Crippen LogP contribution in [-0.4, -0.2) is 30.1 Å². The molecule has 2 aliphatic rings. The Labute approximate surface area is 165 Å². The third-order valence-electron chi connectivity index (χ3n) is 5.30. The second-order valence-corrected chi connectivity index (χ2v) is 8.84. The Morgan fingerprint density at radius 3 is 2.77 bits per heavy atom. The van der Waals surface area contributed by atoms with Crippen LogP contribution in [0.4, 0.5) is 0 Å². The van der Waals surface area contributed by atoms with Crippen LogP contribution in [-0.2, 0) is 4.74 Å². The van der Waals surface area contributed by atoms with Gasteiger partial charge in [0.2, 0.25) is 0 Å². The first-order valence-corrected chi connectivity index (χ1v) is 11.3. The lowest BCUT2D eigenvalue weighted by Gasteiger charge is -2.13. The molecule has 0 aromatic heterocycles. The molecule has 2 rings (SSSR count). The van der Waals surface area contributed by atoms with Gasteiger partial charge in [-0.25, -0.2) is 0 Å². The minimum absolute atomic E-state index is 0.414. The molecule has 0 unspecified atom stereocenters. The van der Waals surface area contributed by atoms with Gasteiger partial charge in [-0.2, -0.15) is 0 Å². The van der Waals surface area contributed by atoms with E-state index in [1.165, 1.54) is 23.5 Å². The van der Waals surface area contributed by atoms with Crippen molar-refractivity contribution in [1.29, 1.82) is 0 Å². The average Bonchev–Trinajstić information content (AvgIpc) is 3.18. The van der Waals surface area contributed by atoms with E-state index >= 15 is 0 Å². The van der Waals surface area contributed by atoms with Gasteiger partial charge in [0.05, 0.1) is 17.2 Å². The third kappa shape index (κ3) is 7.84. The van der Waals surface area contributed by atoms with Crippen molar-refractivity contribution in [3.05, 3.63) is 36.0 Å². The number of unbranched alkanes of at least 4 members (excludes halogenated alkanes) is 1. The van der Waals surface area contributed by atoms with Gasteiger partial charge in [0.1, 0.15) is 0 Å². The summed E-state index contributed by atoms with van der Waals surface area (Å²) in [6, 6.07) is 0.422. The molecule has 0 aromatic carbocycles. The Balaban J connectivity index is 1.58. The van der Waals surface area contributed by atoms with E-state index in [2.05, 4.69) is 51.2 Å². The van der Waals surface area contributed by atoms with Gasteiger partial charge in [0.25, 0.3) is 0 Å². The number of hydrogen-bond donors (Lipinski definition) is 0. The summed E-state index contributed by atoms with van der Waals surface area (Å²) in [7, 11) is 1.83. The van der Waals surface area contributed by atoms with Gasteiger partial charge in [-0.3, -0.25) is 4.99 Å². The second-order valence-electron chi connectivity index (χ2n) is 7.80. The lowest BCUT2D eigenvalue weighted by atomic mass is 10.0. The molecule has 2 nitrogen and oxygen atoms in total. The zero-order valence-corrected chi connectivity index (χ0v) is 17.9. The Morgan fingerprint density at radius 1 is 1.31 bits per heavy atom. The molecule has 1 saturated carbocycles. The maximum atomic E-state index is 5.52. The summed E-state index contributed by atoms with van der Waals surface area (Å²) in [4.78, 5) is 4.87. The Bertz CT molecular complexity index is 534. The molecular weight excluding hydrogens is 338 g/mol. The molecule has 0 aromatic rings. The smallest absolute Gasteiger partial charge is 0.0783 e. The molecule has 1 aliphatic carbocycles. The summed E-state index contributed by atoms with van der Waals surface area (Å²) >= 11 is 1.98. The quantitative estimate of drug-likeness (QED) is 0.218. The first kappa shape index (κ1) is 21.5. The van der Waals surface area contributed by atoms with Crippen LogP contribution in [0.25, 0.3) is 0 Å². The highest BCUT2D eigenvalue weighted by Gasteiger charge is 2.39. The number of allylic oxidation sites excluding steroid dienone is 5. The largest absolute Gasteiger partial charge is 0.381 e. The third-order valence-corrected chi connectivity index (χ3v) is 6.51.